The lowest BCUT2D eigenvalue weighted by Crippen LogP contribution is -2.20. The number of nitrogens with one attached hydrogen (secondary N) is 1. The largest absolute Gasteiger partial charge is 0.497 e. The van der Waals surface area contributed by atoms with Crippen LogP contribution in [0, 0.1) is 0 Å². The number of hydrazone groups is 1. The van der Waals surface area contributed by atoms with Crippen molar-refractivity contribution in [2.24, 2.45) is 5.10 Å². The highest BCUT2D eigenvalue weighted by Gasteiger charge is 2.19. The molecule has 2 N–H and O–H groups in total. The Morgan fingerprint density at radius 1 is 1.02 bits per heavy atom. The fourth-order valence-electron chi connectivity index (χ4n) is 3.83. The normalized spacial score (nSPS) is 11.4. The number of benzene rings is 3. The van der Waals surface area contributed by atoms with Crippen LogP contribution in [0.5, 0.6) is 11.5 Å². The zero-order valence-corrected chi connectivity index (χ0v) is 24.0. The van der Waals surface area contributed by atoms with Gasteiger partial charge in [-0.25, -0.2) is 10.2 Å². The van der Waals surface area contributed by atoms with Gasteiger partial charge in [0.25, 0.3) is 5.91 Å². The molecule has 0 aliphatic heterocycles. The highest BCUT2D eigenvalue weighted by atomic mass is 32.2. The van der Waals surface area contributed by atoms with Crippen molar-refractivity contribution in [3.8, 4) is 28.6 Å². The highest BCUT2D eigenvalue weighted by Crippen LogP contribution is 2.30. The van der Waals surface area contributed by atoms with Crippen molar-refractivity contribution in [1.29, 1.82) is 0 Å². The monoisotopic (exact) mass is 573 g/mol. The van der Waals surface area contributed by atoms with Gasteiger partial charge in [-0.3, -0.25) is 9.36 Å². The molecule has 0 bridgehead atoms. The van der Waals surface area contributed by atoms with Gasteiger partial charge in [0.15, 0.2) is 17.6 Å². The summed E-state index contributed by atoms with van der Waals surface area (Å²) in [6.45, 7) is 6.01. The van der Waals surface area contributed by atoms with Gasteiger partial charge in [-0.05, 0) is 47.4 Å². The maximum atomic E-state index is 12.6. The van der Waals surface area contributed by atoms with E-state index in [0.717, 1.165) is 17.0 Å². The molecule has 0 unspecified atom stereocenters. The number of carboxylic acid groups (broad SMARTS) is 1. The fourth-order valence-corrected chi connectivity index (χ4v) is 4.57. The number of methoxy groups -OCH3 is 1. The quantitative estimate of drug-likeness (QED) is 0.147. The van der Waals surface area contributed by atoms with Gasteiger partial charge >= 0.3 is 5.97 Å². The second-order valence-electron chi connectivity index (χ2n) is 9.97. The first kappa shape index (κ1) is 29.3. The predicted molar refractivity (Wildman–Crippen MR) is 158 cm³/mol. The molecule has 0 saturated heterocycles. The molecule has 41 heavy (non-hydrogen) atoms. The molecule has 4 rings (SSSR count). The number of hydrogen-bond acceptors (Lipinski definition) is 8. The Morgan fingerprint density at radius 3 is 2.39 bits per heavy atom. The number of thioether (sulfide) groups is 1. The predicted octanol–water partition coefficient (Wildman–Crippen LogP) is 4.95. The summed E-state index contributed by atoms with van der Waals surface area (Å²) in [5.74, 6) is 0.308. The number of carbonyl (C=O) groups is 2. The topological polar surface area (TPSA) is 128 Å². The van der Waals surface area contributed by atoms with Crippen LogP contribution in [0.25, 0.3) is 17.1 Å². The molecule has 11 heteroatoms. The van der Waals surface area contributed by atoms with Crippen LogP contribution < -0.4 is 14.9 Å². The van der Waals surface area contributed by atoms with Crippen molar-refractivity contribution < 1.29 is 24.2 Å². The van der Waals surface area contributed by atoms with Crippen molar-refractivity contribution in [2.75, 3.05) is 19.5 Å². The van der Waals surface area contributed by atoms with Gasteiger partial charge < -0.3 is 14.6 Å². The minimum absolute atomic E-state index is 0.0205. The Morgan fingerprint density at radius 2 is 1.73 bits per heavy atom. The van der Waals surface area contributed by atoms with E-state index in [9.17, 15) is 9.59 Å². The first-order valence-corrected chi connectivity index (χ1v) is 13.7. The molecule has 10 nitrogen and oxygen atoms in total. The summed E-state index contributed by atoms with van der Waals surface area (Å²) in [7, 11) is 1.61. The first-order valence-electron chi connectivity index (χ1n) is 12.7. The number of carboxylic acids is 1. The van der Waals surface area contributed by atoms with Crippen LogP contribution in [-0.2, 0) is 15.0 Å². The first-order chi connectivity index (χ1) is 19.7. The molecular formula is C30H31N5O5S. The average molecular weight is 574 g/mol. The van der Waals surface area contributed by atoms with Crippen LogP contribution in [0.3, 0.4) is 0 Å². The maximum Gasteiger partial charge on any atom is 0.341 e. The second-order valence-corrected chi connectivity index (χ2v) is 10.9. The lowest BCUT2D eigenvalue weighted by Gasteiger charge is -2.19. The van der Waals surface area contributed by atoms with E-state index in [1.807, 2.05) is 41.0 Å². The standard InChI is InChI=1S/C30H31N5O5S/c1-30(2,3)22-11-9-20(10-12-22)28-33-34-29(35(28)23-13-15-24(39-4)16-14-23)41-19-26(36)32-31-17-21-7-5-6-8-25(21)40-18-27(37)38/h5-17H,18-19H2,1-4H3,(H,32,36)(H,37,38)/b31-17+. The Hall–Kier alpha value is -4.64. The van der Waals surface area contributed by atoms with Crippen molar-refractivity contribution in [2.45, 2.75) is 31.3 Å². The lowest BCUT2D eigenvalue weighted by molar-refractivity contribution is -0.139. The molecule has 0 aliphatic carbocycles. The van der Waals surface area contributed by atoms with Crippen molar-refractivity contribution in [3.05, 3.63) is 83.9 Å². The summed E-state index contributed by atoms with van der Waals surface area (Å²) >= 11 is 1.23. The molecule has 1 amide bonds. The fraction of sp³-hybridized carbons (Fsp3) is 0.233. The molecule has 0 radical (unpaired) electrons. The molecule has 4 aromatic rings. The molecule has 1 heterocycles. The van der Waals surface area contributed by atoms with E-state index < -0.39 is 12.6 Å². The Bertz CT molecular complexity index is 1530. The van der Waals surface area contributed by atoms with Gasteiger partial charge in [-0.2, -0.15) is 5.10 Å². The molecule has 0 fully saturated rings. The number of rotatable bonds is 11. The summed E-state index contributed by atoms with van der Waals surface area (Å²) in [4.78, 5) is 23.4. The molecule has 0 atom stereocenters. The highest BCUT2D eigenvalue weighted by molar-refractivity contribution is 7.99. The molecule has 212 valence electrons. The molecule has 0 saturated carbocycles. The van der Waals surface area contributed by atoms with Gasteiger partial charge in [0.05, 0.1) is 19.1 Å². The van der Waals surface area contributed by atoms with E-state index in [-0.39, 0.29) is 17.1 Å². The van der Waals surface area contributed by atoms with Crippen LogP contribution >= 0.6 is 11.8 Å². The second kappa shape index (κ2) is 13.1. The molecule has 0 aliphatic rings. The summed E-state index contributed by atoms with van der Waals surface area (Å²) in [5, 5.41) is 22.2. The van der Waals surface area contributed by atoms with E-state index in [1.165, 1.54) is 23.5 Å². The Kier molecular flexibility index (Phi) is 9.41. The van der Waals surface area contributed by atoms with Crippen molar-refractivity contribution in [3.63, 3.8) is 0 Å². The third-order valence-corrected chi connectivity index (χ3v) is 6.90. The van der Waals surface area contributed by atoms with Gasteiger partial charge in [0.2, 0.25) is 0 Å². The third-order valence-electron chi connectivity index (χ3n) is 5.97. The Labute approximate surface area is 242 Å². The number of amides is 1. The third kappa shape index (κ3) is 7.73. The summed E-state index contributed by atoms with van der Waals surface area (Å²) in [6.07, 6.45) is 1.40. The van der Waals surface area contributed by atoms with Gasteiger partial charge in [-0.15, -0.1) is 10.2 Å². The molecule has 0 spiro atoms. The summed E-state index contributed by atoms with van der Waals surface area (Å²) < 4.78 is 12.5. The number of carbonyl (C=O) groups excluding carboxylic acids is 1. The maximum absolute atomic E-state index is 12.6. The van der Waals surface area contributed by atoms with Crippen LogP contribution in [-0.4, -0.2) is 57.4 Å². The van der Waals surface area contributed by atoms with E-state index in [4.69, 9.17) is 14.6 Å². The summed E-state index contributed by atoms with van der Waals surface area (Å²) in [6, 6.07) is 22.6. The van der Waals surface area contributed by atoms with Crippen molar-refractivity contribution >= 4 is 29.9 Å². The van der Waals surface area contributed by atoms with Gasteiger partial charge in [-0.1, -0.05) is 68.9 Å². The van der Waals surface area contributed by atoms with Crippen molar-refractivity contribution in [1.82, 2.24) is 20.2 Å². The van der Waals surface area contributed by atoms with Crippen LogP contribution in [0.15, 0.2) is 83.1 Å². The molecular weight excluding hydrogens is 542 g/mol. The average Bonchev–Trinajstić information content (AvgIpc) is 3.39. The van der Waals surface area contributed by atoms with Crippen LogP contribution in [0.4, 0.5) is 0 Å². The van der Waals surface area contributed by atoms with E-state index in [1.54, 1.807) is 31.4 Å². The SMILES string of the molecule is COc1ccc(-n2c(SCC(=O)N/N=C/c3ccccc3OCC(=O)O)nnc2-c2ccc(C(C)(C)C)cc2)cc1. The number of ether oxygens (including phenoxy) is 2. The van der Waals surface area contributed by atoms with Gasteiger partial charge in [0, 0.05) is 16.8 Å². The van der Waals surface area contributed by atoms with Crippen LogP contribution in [0.1, 0.15) is 31.9 Å². The zero-order valence-electron chi connectivity index (χ0n) is 23.2. The lowest BCUT2D eigenvalue weighted by atomic mass is 9.87. The van der Waals surface area contributed by atoms with E-state index in [2.05, 4.69) is 53.6 Å². The van der Waals surface area contributed by atoms with E-state index >= 15 is 0 Å². The number of aliphatic carboxylic acids is 1. The molecule has 3 aromatic carbocycles. The summed E-state index contributed by atoms with van der Waals surface area (Å²) in [5.41, 5.74) is 5.97. The van der Waals surface area contributed by atoms with E-state index in [0.29, 0.717) is 22.3 Å². The number of nitrogens with zero attached hydrogens (tertiary/aromatic N) is 4. The minimum atomic E-state index is -1.09. The number of para-hydroxylation sites is 1. The van der Waals surface area contributed by atoms with Crippen LogP contribution in [0.2, 0.25) is 0 Å². The number of hydrogen-bond donors (Lipinski definition) is 2. The number of aromatic nitrogens is 3. The minimum Gasteiger partial charge on any atom is -0.497 e. The molecule has 1 aromatic heterocycles. The zero-order chi connectivity index (χ0) is 29.4. The smallest absolute Gasteiger partial charge is 0.341 e. The Balaban J connectivity index is 1.51. The van der Waals surface area contributed by atoms with Gasteiger partial charge in [0.1, 0.15) is 11.5 Å².